The van der Waals surface area contributed by atoms with Crippen LogP contribution in [0.3, 0.4) is 0 Å². The van der Waals surface area contributed by atoms with E-state index in [0.717, 1.165) is 5.06 Å². The summed E-state index contributed by atoms with van der Waals surface area (Å²) in [5.41, 5.74) is 0.529. The molecule has 0 aliphatic carbocycles. The van der Waals surface area contributed by atoms with Crippen molar-refractivity contribution in [2.24, 2.45) is 0 Å². The third-order valence-corrected chi connectivity index (χ3v) is 6.67. The first-order valence-electron chi connectivity index (χ1n) is 10.9. The van der Waals surface area contributed by atoms with Gasteiger partial charge < -0.3 is 27.2 Å². The first-order chi connectivity index (χ1) is 15.9. The fourth-order valence-corrected chi connectivity index (χ4v) is 5.20. The van der Waals surface area contributed by atoms with E-state index < -0.39 is 16.6 Å². The Bertz CT molecular complexity index is 1160. The van der Waals surface area contributed by atoms with E-state index in [4.69, 9.17) is 4.74 Å². The molecule has 0 spiro atoms. The van der Waals surface area contributed by atoms with E-state index in [-0.39, 0.29) is 31.3 Å². The highest BCUT2D eigenvalue weighted by Crippen LogP contribution is 2.56. The number of methoxy groups -OCH3 is 1. The quantitative estimate of drug-likeness (QED) is 0.373. The third-order valence-electron chi connectivity index (χ3n) is 6.67. The standard InChI is InChI=1S/C24H27N4O5.ClH/c1-3-22-26(31)20-11-8-18-16-21(20)28(22,32)27(18)24(12-4-5-13-25(24)14-15-29)23(30)17-6-9-19(33-2)10-7-17;/h4-13,16,22,29,31-32H,3,14-15H2,1-2H3;1H/q+1;/p-1. The summed E-state index contributed by atoms with van der Waals surface area (Å²) in [6.07, 6.45) is 6.68. The van der Waals surface area contributed by atoms with Crippen LogP contribution in [0.4, 0.5) is 17.1 Å². The lowest BCUT2D eigenvalue weighted by Crippen LogP contribution is -3.00. The van der Waals surface area contributed by atoms with Crippen molar-refractivity contribution in [1.82, 2.24) is 9.66 Å². The molecule has 0 radical (unpaired) electrons. The number of Topliss-reactive ketones (excluding diaryl/α,β-unsaturated/α-hetero) is 1. The average molecular weight is 487 g/mol. The number of allylic oxidation sites excluding steroid dienone is 2. The van der Waals surface area contributed by atoms with Gasteiger partial charge in [-0.3, -0.25) is 10.0 Å². The Labute approximate surface area is 203 Å². The van der Waals surface area contributed by atoms with Crippen molar-refractivity contribution in [3.05, 3.63) is 72.5 Å². The molecule has 180 valence electrons. The molecule has 3 unspecified atom stereocenters. The maximum atomic E-state index is 14.3. The lowest BCUT2D eigenvalue weighted by Gasteiger charge is -2.51. The summed E-state index contributed by atoms with van der Waals surface area (Å²) in [6, 6.07) is 12.1. The van der Waals surface area contributed by atoms with Crippen LogP contribution < -0.4 is 32.0 Å². The van der Waals surface area contributed by atoms with Gasteiger partial charge in [0.15, 0.2) is 0 Å². The maximum absolute atomic E-state index is 14.3. The van der Waals surface area contributed by atoms with Gasteiger partial charge in [-0.2, -0.15) is 10.3 Å². The number of carbonyl (C=O) groups excluding carboxylic acids is 1. The molecule has 3 N–H and O–H groups in total. The van der Waals surface area contributed by atoms with Crippen molar-refractivity contribution in [1.29, 1.82) is 0 Å². The number of hydroxylamine groups is 2. The van der Waals surface area contributed by atoms with Gasteiger partial charge in [-0.25, -0.2) is 0 Å². The van der Waals surface area contributed by atoms with Gasteiger partial charge in [-0.05, 0) is 53.3 Å². The Hall–Kier alpha value is -3.08. The lowest BCUT2D eigenvalue weighted by atomic mass is 9.92. The van der Waals surface area contributed by atoms with Gasteiger partial charge in [0.1, 0.15) is 17.1 Å². The smallest absolute Gasteiger partial charge is 0.247 e. The van der Waals surface area contributed by atoms with E-state index in [1.54, 1.807) is 83.9 Å². The van der Waals surface area contributed by atoms with Crippen molar-refractivity contribution in [3.63, 3.8) is 0 Å². The number of anilines is 2. The van der Waals surface area contributed by atoms with E-state index >= 15 is 0 Å². The van der Waals surface area contributed by atoms with Crippen LogP contribution in [-0.4, -0.2) is 58.3 Å². The SMILES string of the molecule is CCC1N(O)c2ccc3cc2[N+]1(O)N3C1(C(=O)c2ccc(OC)cc2)C=CC=CN1CCO.[Cl-]. The lowest BCUT2D eigenvalue weighted by molar-refractivity contribution is -0.145. The van der Waals surface area contributed by atoms with Crippen molar-refractivity contribution < 1.29 is 37.5 Å². The van der Waals surface area contributed by atoms with Crippen molar-refractivity contribution in [2.75, 3.05) is 30.3 Å². The summed E-state index contributed by atoms with van der Waals surface area (Å²) in [7, 11) is 1.56. The van der Waals surface area contributed by atoms with E-state index in [0.29, 0.717) is 34.8 Å². The number of aliphatic hydroxyl groups is 1. The molecule has 2 aromatic rings. The molecule has 0 fully saturated rings. The molecule has 3 atom stereocenters. The maximum Gasteiger partial charge on any atom is 0.247 e. The van der Waals surface area contributed by atoms with Gasteiger partial charge in [0.25, 0.3) is 0 Å². The number of quaternary nitrogens is 1. The fraction of sp³-hybridized carbons (Fsp3) is 0.292. The first-order valence-corrected chi connectivity index (χ1v) is 10.9. The highest BCUT2D eigenvalue weighted by Gasteiger charge is 2.67. The Kier molecular flexibility index (Phi) is 6.09. The minimum absolute atomic E-state index is 0. The summed E-state index contributed by atoms with van der Waals surface area (Å²) in [6.45, 7) is 1.83. The Morgan fingerprint density at radius 1 is 1.18 bits per heavy atom. The summed E-state index contributed by atoms with van der Waals surface area (Å²) >= 11 is 0. The number of ketones is 1. The van der Waals surface area contributed by atoms with Crippen LogP contribution in [0.2, 0.25) is 0 Å². The third kappa shape index (κ3) is 2.98. The van der Waals surface area contributed by atoms with Crippen molar-refractivity contribution in [2.45, 2.75) is 25.2 Å². The van der Waals surface area contributed by atoms with Crippen LogP contribution in [0.1, 0.15) is 23.7 Å². The van der Waals surface area contributed by atoms with Gasteiger partial charge in [0.2, 0.25) is 23.3 Å². The van der Waals surface area contributed by atoms with Gasteiger partial charge in [0.05, 0.1) is 13.7 Å². The van der Waals surface area contributed by atoms with Crippen LogP contribution in [0.25, 0.3) is 0 Å². The topological polar surface area (TPSA) is 96.7 Å². The highest BCUT2D eigenvalue weighted by molar-refractivity contribution is 6.08. The normalized spacial score (nSPS) is 26.1. The number of ether oxygens (including phenoxy) is 1. The molecule has 0 saturated heterocycles. The van der Waals surface area contributed by atoms with E-state index in [1.165, 1.54) is 0 Å². The molecule has 2 aromatic carbocycles. The number of halogens is 1. The molecule has 0 amide bonds. The van der Waals surface area contributed by atoms with E-state index in [2.05, 4.69) is 0 Å². The largest absolute Gasteiger partial charge is 1.00 e. The Morgan fingerprint density at radius 2 is 1.91 bits per heavy atom. The van der Waals surface area contributed by atoms with Gasteiger partial charge in [-0.1, -0.05) is 13.0 Å². The monoisotopic (exact) mass is 486 g/mol. The molecule has 3 heterocycles. The molecule has 3 aliphatic heterocycles. The molecule has 2 bridgehead atoms. The zero-order chi connectivity index (χ0) is 23.4. The average Bonchev–Trinajstić information content (AvgIpc) is 3.19. The summed E-state index contributed by atoms with van der Waals surface area (Å²) < 4.78 is 4.47. The predicted octanol–water partition coefficient (Wildman–Crippen LogP) is 0.0330. The first kappa shape index (κ1) is 24.1. The predicted molar refractivity (Wildman–Crippen MR) is 123 cm³/mol. The number of aliphatic hydroxyl groups excluding tert-OH is 1. The second-order valence-corrected chi connectivity index (χ2v) is 8.27. The minimum atomic E-state index is -1.51. The number of hydrogen-bond acceptors (Lipinski definition) is 8. The molecule has 0 saturated carbocycles. The van der Waals surface area contributed by atoms with Gasteiger partial charge in [-0.15, -0.1) is 5.01 Å². The molecular weight excluding hydrogens is 460 g/mol. The van der Waals surface area contributed by atoms with Crippen molar-refractivity contribution in [3.8, 4) is 5.75 Å². The number of fused-ring (bicyclic) bond motifs is 1. The molecular formula is C24H27ClN4O5. The van der Waals surface area contributed by atoms with Gasteiger partial charge >= 0.3 is 0 Å². The molecule has 10 heteroatoms. The Morgan fingerprint density at radius 3 is 2.56 bits per heavy atom. The Balaban J connectivity index is 0.00000274. The number of β-amino-alcohol motifs (C(OH)–C–C–N with tert-alkyl or cyclic N) is 1. The molecule has 5 rings (SSSR count). The summed E-state index contributed by atoms with van der Waals surface area (Å²) in [5.74, 6) is 0.331. The summed E-state index contributed by atoms with van der Waals surface area (Å²) in [4.78, 5) is 16.0. The van der Waals surface area contributed by atoms with Crippen molar-refractivity contribution >= 4 is 22.8 Å². The van der Waals surface area contributed by atoms with Crippen LogP contribution >= 0.6 is 0 Å². The number of rotatable bonds is 7. The zero-order valence-corrected chi connectivity index (χ0v) is 19.6. The van der Waals surface area contributed by atoms with E-state index in [1.807, 2.05) is 6.92 Å². The number of hydrogen-bond donors (Lipinski definition) is 3. The van der Waals surface area contributed by atoms with Crippen LogP contribution in [0.5, 0.6) is 5.75 Å². The van der Waals surface area contributed by atoms with Crippen LogP contribution in [-0.2, 0) is 0 Å². The molecule has 9 nitrogen and oxygen atoms in total. The second-order valence-electron chi connectivity index (χ2n) is 8.27. The van der Waals surface area contributed by atoms with Crippen LogP contribution in [0.15, 0.2) is 66.9 Å². The molecule has 3 aliphatic rings. The number of benzene rings is 2. The number of carbonyl (C=O) groups is 1. The molecule has 34 heavy (non-hydrogen) atoms. The summed E-state index contributed by atoms with van der Waals surface area (Å²) in [5, 5.41) is 35.5. The van der Waals surface area contributed by atoms with Gasteiger partial charge in [0, 0.05) is 30.8 Å². The highest BCUT2D eigenvalue weighted by atomic mass is 35.5. The number of nitrogens with zero attached hydrogens (tertiary/aromatic N) is 4. The fourth-order valence-electron chi connectivity index (χ4n) is 5.20. The molecule has 0 aromatic heterocycles. The second kappa shape index (κ2) is 8.61. The van der Waals surface area contributed by atoms with Crippen LogP contribution in [0, 0.1) is 0 Å². The minimum Gasteiger partial charge on any atom is -1.00 e. The zero-order valence-electron chi connectivity index (χ0n) is 18.9. The van der Waals surface area contributed by atoms with E-state index in [9.17, 15) is 20.3 Å².